The Balaban J connectivity index is 1.76. The van der Waals surface area contributed by atoms with Crippen LogP contribution in [0.15, 0.2) is 22.6 Å². The van der Waals surface area contributed by atoms with Gasteiger partial charge >= 0.3 is 0 Å². The molecule has 1 amide bonds. The first-order valence-corrected chi connectivity index (χ1v) is 7.55. The number of carbonyl (C=O) groups excluding carboxylic acids is 1. The molecule has 21 heavy (non-hydrogen) atoms. The Bertz CT molecular complexity index is 711. The predicted octanol–water partition coefficient (Wildman–Crippen LogP) is 2.72. The molecule has 0 bridgehead atoms. The lowest BCUT2D eigenvalue weighted by Crippen LogP contribution is -2.40. The molecule has 1 aliphatic rings. The quantitative estimate of drug-likeness (QED) is 0.837. The zero-order valence-corrected chi connectivity index (χ0v) is 12.7. The van der Waals surface area contributed by atoms with Gasteiger partial charge in [-0.15, -0.1) is 0 Å². The van der Waals surface area contributed by atoms with Crippen molar-refractivity contribution in [2.24, 2.45) is 5.92 Å². The number of nitrogens with one attached hydrogen (secondary N) is 1. The molecule has 0 radical (unpaired) electrons. The number of carbonyl (C=O) groups is 1. The number of benzene rings is 1. The van der Waals surface area contributed by atoms with Gasteiger partial charge in [-0.2, -0.15) is 0 Å². The average molecular weight is 306 g/mol. The zero-order valence-electron chi connectivity index (χ0n) is 11.8. The van der Waals surface area contributed by atoms with Crippen LogP contribution < -0.4 is 0 Å². The summed E-state index contributed by atoms with van der Waals surface area (Å²) in [6, 6.07) is 5.32. The number of aromatic amines is 1. The number of amides is 1. The summed E-state index contributed by atoms with van der Waals surface area (Å²) in [6.07, 6.45) is 1.38. The predicted molar refractivity (Wildman–Crippen MR) is 81.7 cm³/mol. The van der Waals surface area contributed by atoms with E-state index >= 15 is 0 Å². The smallest absolute Gasteiger partial charge is 0.266 e. The van der Waals surface area contributed by atoms with Gasteiger partial charge in [0.1, 0.15) is 0 Å². The standard InChI is InChI=1S/C15H18N2O3S/c1-9(18)10-4-6-17(7-5-10)14(19)11-2-3-12-13(8-11)20-15(21)16-12/h2-3,8-10,18H,4-7H2,1H3,(H,16,21)/t9-/m1/s1. The van der Waals surface area contributed by atoms with Crippen LogP contribution in [-0.4, -0.2) is 40.1 Å². The van der Waals surface area contributed by atoms with E-state index in [-0.39, 0.29) is 12.0 Å². The Morgan fingerprint density at radius 2 is 2.19 bits per heavy atom. The Morgan fingerprint density at radius 3 is 2.86 bits per heavy atom. The van der Waals surface area contributed by atoms with Crippen LogP contribution >= 0.6 is 12.2 Å². The van der Waals surface area contributed by atoms with Gasteiger partial charge in [-0.05, 0) is 56.1 Å². The molecule has 1 aromatic heterocycles. The van der Waals surface area contributed by atoms with E-state index in [1.807, 2.05) is 17.9 Å². The molecule has 6 heteroatoms. The molecular formula is C15H18N2O3S. The normalized spacial score (nSPS) is 18.1. The van der Waals surface area contributed by atoms with Crippen LogP contribution in [0.4, 0.5) is 0 Å². The lowest BCUT2D eigenvalue weighted by atomic mass is 9.92. The number of likely N-dealkylation sites (tertiary alicyclic amines) is 1. The molecule has 1 aromatic carbocycles. The van der Waals surface area contributed by atoms with Gasteiger partial charge in [-0.25, -0.2) is 0 Å². The second-order valence-electron chi connectivity index (χ2n) is 5.60. The molecule has 3 rings (SSSR count). The molecule has 1 fully saturated rings. The van der Waals surface area contributed by atoms with Crippen molar-refractivity contribution in [1.82, 2.24) is 9.88 Å². The van der Waals surface area contributed by atoms with Crippen molar-refractivity contribution in [2.75, 3.05) is 13.1 Å². The summed E-state index contributed by atoms with van der Waals surface area (Å²) in [6.45, 7) is 3.18. The van der Waals surface area contributed by atoms with Crippen LogP contribution in [0, 0.1) is 10.8 Å². The SMILES string of the molecule is C[C@@H](O)C1CCN(C(=O)c2ccc3[nH]c(=S)oc3c2)CC1. The van der Waals surface area contributed by atoms with E-state index in [2.05, 4.69) is 4.98 Å². The highest BCUT2D eigenvalue weighted by molar-refractivity contribution is 7.71. The summed E-state index contributed by atoms with van der Waals surface area (Å²) in [4.78, 5) is 17.6. The van der Waals surface area contributed by atoms with Gasteiger partial charge in [0.2, 0.25) is 0 Å². The summed E-state index contributed by atoms with van der Waals surface area (Å²) < 4.78 is 5.35. The molecule has 2 N–H and O–H groups in total. The van der Waals surface area contributed by atoms with Crippen molar-refractivity contribution in [1.29, 1.82) is 0 Å². The maximum absolute atomic E-state index is 12.5. The van der Waals surface area contributed by atoms with Crippen molar-refractivity contribution in [3.63, 3.8) is 0 Å². The minimum atomic E-state index is -0.303. The lowest BCUT2D eigenvalue weighted by molar-refractivity contribution is 0.0521. The first-order chi connectivity index (χ1) is 10.0. The van der Waals surface area contributed by atoms with Gasteiger partial charge in [0.15, 0.2) is 5.58 Å². The zero-order chi connectivity index (χ0) is 15.0. The van der Waals surface area contributed by atoms with Crippen molar-refractivity contribution >= 4 is 29.2 Å². The van der Waals surface area contributed by atoms with E-state index in [1.165, 1.54) is 0 Å². The largest absolute Gasteiger partial charge is 0.429 e. The molecule has 0 aliphatic carbocycles. The number of aromatic nitrogens is 1. The molecular weight excluding hydrogens is 288 g/mol. The Labute approximate surface area is 127 Å². The van der Waals surface area contributed by atoms with Crippen LogP contribution in [0.5, 0.6) is 0 Å². The van der Waals surface area contributed by atoms with E-state index in [4.69, 9.17) is 16.6 Å². The number of rotatable bonds is 2. The van der Waals surface area contributed by atoms with E-state index in [0.717, 1.165) is 18.4 Å². The van der Waals surface area contributed by atoms with Crippen molar-refractivity contribution in [2.45, 2.75) is 25.9 Å². The van der Waals surface area contributed by atoms with Crippen molar-refractivity contribution in [3.05, 3.63) is 28.6 Å². The van der Waals surface area contributed by atoms with Crippen molar-refractivity contribution in [3.8, 4) is 0 Å². The van der Waals surface area contributed by atoms with Crippen LogP contribution in [-0.2, 0) is 0 Å². The van der Waals surface area contributed by atoms with Crippen molar-refractivity contribution < 1.29 is 14.3 Å². The number of H-pyrrole nitrogens is 1. The summed E-state index contributed by atoms with van der Waals surface area (Å²) in [5, 5.41) is 9.61. The molecule has 1 saturated heterocycles. The summed E-state index contributed by atoms with van der Waals surface area (Å²) >= 11 is 4.94. The highest BCUT2D eigenvalue weighted by atomic mass is 32.1. The van der Waals surface area contributed by atoms with Gasteiger partial charge in [0.05, 0.1) is 11.6 Å². The topological polar surface area (TPSA) is 69.5 Å². The van der Waals surface area contributed by atoms with Gasteiger partial charge < -0.3 is 19.4 Å². The van der Waals surface area contributed by atoms with E-state index in [0.29, 0.717) is 35.0 Å². The number of fused-ring (bicyclic) bond motifs is 1. The van der Waals surface area contributed by atoms with Gasteiger partial charge in [-0.3, -0.25) is 4.79 Å². The van der Waals surface area contributed by atoms with Crippen LogP contribution in [0.25, 0.3) is 11.1 Å². The number of hydrogen-bond acceptors (Lipinski definition) is 4. The monoisotopic (exact) mass is 306 g/mol. The average Bonchev–Trinajstić information content (AvgIpc) is 2.85. The Hall–Kier alpha value is -1.66. The van der Waals surface area contributed by atoms with Crippen LogP contribution in [0.1, 0.15) is 30.1 Å². The minimum Gasteiger partial charge on any atom is -0.429 e. The van der Waals surface area contributed by atoms with Crippen LogP contribution in [0.2, 0.25) is 0 Å². The minimum absolute atomic E-state index is 0.00302. The molecule has 112 valence electrons. The van der Waals surface area contributed by atoms with E-state index in [9.17, 15) is 9.90 Å². The Morgan fingerprint density at radius 1 is 1.48 bits per heavy atom. The fraction of sp³-hybridized carbons (Fsp3) is 0.467. The number of nitrogens with zero attached hydrogens (tertiary/aromatic N) is 1. The third kappa shape index (κ3) is 2.87. The molecule has 0 spiro atoms. The highest BCUT2D eigenvalue weighted by Crippen LogP contribution is 2.23. The summed E-state index contributed by atoms with van der Waals surface area (Å²) in [5.74, 6) is 0.294. The maximum atomic E-state index is 12.5. The molecule has 1 aliphatic heterocycles. The summed E-state index contributed by atoms with van der Waals surface area (Å²) in [5.41, 5.74) is 2.00. The first-order valence-electron chi connectivity index (χ1n) is 7.15. The van der Waals surface area contributed by atoms with Gasteiger partial charge in [0.25, 0.3) is 10.7 Å². The number of hydrogen-bond donors (Lipinski definition) is 2. The maximum Gasteiger partial charge on any atom is 0.266 e. The second-order valence-corrected chi connectivity index (χ2v) is 5.97. The fourth-order valence-corrected chi connectivity index (χ4v) is 3.05. The second kappa shape index (κ2) is 5.61. The van der Waals surface area contributed by atoms with Crippen LogP contribution in [0.3, 0.4) is 0 Å². The highest BCUT2D eigenvalue weighted by Gasteiger charge is 2.26. The lowest BCUT2D eigenvalue weighted by Gasteiger charge is -2.33. The fourth-order valence-electron chi connectivity index (χ4n) is 2.85. The number of piperidine rings is 1. The third-order valence-corrected chi connectivity index (χ3v) is 4.36. The molecule has 5 nitrogen and oxygen atoms in total. The number of aliphatic hydroxyl groups excluding tert-OH is 1. The van der Waals surface area contributed by atoms with E-state index < -0.39 is 0 Å². The number of oxazole rings is 1. The Kier molecular flexibility index (Phi) is 3.82. The summed E-state index contributed by atoms with van der Waals surface area (Å²) in [7, 11) is 0. The molecule has 2 aromatic rings. The molecule has 0 saturated carbocycles. The van der Waals surface area contributed by atoms with Gasteiger partial charge in [0, 0.05) is 18.7 Å². The first kappa shape index (κ1) is 14.3. The molecule has 1 atom stereocenters. The third-order valence-electron chi connectivity index (χ3n) is 4.18. The molecule has 2 heterocycles. The van der Waals surface area contributed by atoms with Gasteiger partial charge in [-0.1, -0.05) is 0 Å². The molecule has 0 unspecified atom stereocenters. The number of aliphatic hydroxyl groups is 1. The van der Waals surface area contributed by atoms with E-state index in [1.54, 1.807) is 12.1 Å².